The third-order valence-electron chi connectivity index (χ3n) is 7.13. The van der Waals surface area contributed by atoms with Crippen LogP contribution in [-0.4, -0.2) is 58.2 Å². The quantitative estimate of drug-likeness (QED) is 0.334. The second-order valence-electron chi connectivity index (χ2n) is 11.2. The minimum atomic E-state index is -0.595. The average Bonchev–Trinajstić information content (AvgIpc) is 3.47. The van der Waals surface area contributed by atoms with E-state index in [1.165, 1.54) is 0 Å². The van der Waals surface area contributed by atoms with Crippen LogP contribution in [-0.2, 0) is 11.2 Å². The molecular formula is C31H34ClN5O4. The number of likely N-dealkylation sites (tertiary alicyclic amines) is 1. The van der Waals surface area contributed by atoms with Gasteiger partial charge in [0.2, 0.25) is 0 Å². The first-order valence-electron chi connectivity index (χ1n) is 13.7. The van der Waals surface area contributed by atoms with Crippen LogP contribution in [0.3, 0.4) is 0 Å². The first kappa shape index (κ1) is 28.4. The van der Waals surface area contributed by atoms with E-state index in [-0.39, 0.29) is 24.1 Å². The normalized spacial score (nSPS) is 18.2. The van der Waals surface area contributed by atoms with Crippen molar-refractivity contribution in [3.8, 4) is 28.8 Å². The number of ether oxygens (including phenoxy) is 2. The topological polar surface area (TPSA) is 109 Å². The number of amides is 2. The minimum absolute atomic E-state index is 0.0228. The van der Waals surface area contributed by atoms with Gasteiger partial charge in [-0.25, -0.2) is 4.79 Å². The predicted octanol–water partition coefficient (Wildman–Crippen LogP) is 5.91. The highest BCUT2D eigenvalue weighted by atomic mass is 35.5. The van der Waals surface area contributed by atoms with Crippen molar-refractivity contribution in [3.63, 3.8) is 0 Å². The molecule has 5 rings (SSSR count). The zero-order valence-corrected chi connectivity index (χ0v) is 24.6. The van der Waals surface area contributed by atoms with Crippen molar-refractivity contribution < 1.29 is 19.1 Å². The summed E-state index contributed by atoms with van der Waals surface area (Å²) in [5.74, 6) is 6.88. The standard InChI is InChI=1S/C31H34ClN5O4/c1-18-9-11-20(37(18)30(39)41-31(2,3)4)12-10-19-17-33-15-13-21(19)26-27(25-23(35-26)14-16-34-29(25)38)36-24-8-6-7-22(32)28(24)40-5/h6-8,13,15,17-18,20,35-36H,9,11,14,16H2,1-5H3,(H,34,38)/t18-,20-/m1/s1. The zero-order valence-electron chi connectivity index (χ0n) is 23.9. The summed E-state index contributed by atoms with van der Waals surface area (Å²) in [6, 6.07) is 7.00. The number of nitrogens with zero attached hydrogens (tertiary/aromatic N) is 2. The van der Waals surface area contributed by atoms with Gasteiger partial charge >= 0.3 is 6.09 Å². The van der Waals surface area contributed by atoms with Gasteiger partial charge in [0.25, 0.3) is 5.91 Å². The number of rotatable bonds is 4. The van der Waals surface area contributed by atoms with Gasteiger partial charge in [-0.05, 0) is 58.7 Å². The molecule has 2 atom stereocenters. The van der Waals surface area contributed by atoms with Crippen LogP contribution >= 0.6 is 11.6 Å². The predicted molar refractivity (Wildman–Crippen MR) is 159 cm³/mol. The van der Waals surface area contributed by atoms with E-state index in [0.29, 0.717) is 51.9 Å². The molecule has 0 unspecified atom stereocenters. The highest BCUT2D eigenvalue weighted by Crippen LogP contribution is 2.41. The molecule has 41 heavy (non-hydrogen) atoms. The SMILES string of the molecule is COc1c(Cl)cccc1Nc1c(-c2ccncc2C#C[C@H]2CC[C@@H](C)N2C(=O)OC(C)(C)C)[nH]c2c1C(=O)NCC2. The fourth-order valence-corrected chi connectivity index (χ4v) is 5.53. The summed E-state index contributed by atoms with van der Waals surface area (Å²) in [6.07, 6.45) is 5.27. The van der Waals surface area contributed by atoms with E-state index in [9.17, 15) is 9.59 Å². The maximum absolute atomic E-state index is 13.1. The molecule has 0 bridgehead atoms. The number of pyridine rings is 1. The number of carbonyl (C=O) groups is 2. The monoisotopic (exact) mass is 575 g/mol. The van der Waals surface area contributed by atoms with Crippen LogP contribution in [0.4, 0.5) is 16.2 Å². The van der Waals surface area contributed by atoms with Crippen LogP contribution in [0.5, 0.6) is 5.75 Å². The molecule has 1 aromatic carbocycles. The van der Waals surface area contributed by atoms with Gasteiger partial charge in [0.15, 0.2) is 5.75 Å². The van der Waals surface area contributed by atoms with Crippen molar-refractivity contribution in [1.82, 2.24) is 20.2 Å². The lowest BCUT2D eigenvalue weighted by Gasteiger charge is -2.29. The third kappa shape index (κ3) is 5.84. The van der Waals surface area contributed by atoms with E-state index in [0.717, 1.165) is 24.1 Å². The van der Waals surface area contributed by atoms with E-state index in [4.69, 9.17) is 21.1 Å². The van der Waals surface area contributed by atoms with Crippen LogP contribution in [0.15, 0.2) is 36.7 Å². The molecule has 2 amide bonds. The molecule has 4 heterocycles. The van der Waals surface area contributed by atoms with Gasteiger partial charge in [-0.2, -0.15) is 0 Å². The van der Waals surface area contributed by atoms with Gasteiger partial charge in [-0.15, -0.1) is 0 Å². The van der Waals surface area contributed by atoms with Gasteiger partial charge in [-0.3, -0.25) is 14.7 Å². The number of nitrogens with one attached hydrogen (secondary N) is 3. The van der Waals surface area contributed by atoms with E-state index in [2.05, 4.69) is 32.4 Å². The van der Waals surface area contributed by atoms with Crippen LogP contribution in [0.2, 0.25) is 5.02 Å². The number of para-hydroxylation sites is 1. The molecule has 1 fully saturated rings. The maximum Gasteiger partial charge on any atom is 0.411 e. The number of aromatic nitrogens is 2. The fourth-order valence-electron chi connectivity index (χ4n) is 5.28. The highest BCUT2D eigenvalue weighted by Gasteiger charge is 2.36. The van der Waals surface area contributed by atoms with Crippen molar-refractivity contribution in [1.29, 1.82) is 0 Å². The zero-order chi connectivity index (χ0) is 29.3. The summed E-state index contributed by atoms with van der Waals surface area (Å²) in [4.78, 5) is 35.6. The Morgan fingerprint density at radius 2 is 2.05 bits per heavy atom. The molecule has 0 saturated carbocycles. The average molecular weight is 576 g/mol. The molecule has 10 heteroatoms. The summed E-state index contributed by atoms with van der Waals surface area (Å²) >= 11 is 6.39. The van der Waals surface area contributed by atoms with Crippen molar-refractivity contribution >= 4 is 35.0 Å². The lowest BCUT2D eigenvalue weighted by atomic mass is 10.0. The van der Waals surface area contributed by atoms with Crippen molar-refractivity contribution in [3.05, 3.63) is 58.5 Å². The number of H-pyrrole nitrogens is 1. The number of hydrogen-bond donors (Lipinski definition) is 3. The van der Waals surface area contributed by atoms with E-state index in [1.807, 2.05) is 45.9 Å². The van der Waals surface area contributed by atoms with Crippen LogP contribution in [0, 0.1) is 11.8 Å². The summed E-state index contributed by atoms with van der Waals surface area (Å²) in [6.45, 7) is 8.12. The lowest BCUT2D eigenvalue weighted by molar-refractivity contribution is 0.0200. The van der Waals surface area contributed by atoms with Gasteiger partial charge in [0, 0.05) is 42.7 Å². The Hall–Kier alpha value is -4.16. The number of carbonyl (C=O) groups excluding carboxylic acids is 2. The van der Waals surface area contributed by atoms with Crippen molar-refractivity contribution in [2.45, 2.75) is 64.6 Å². The summed E-state index contributed by atoms with van der Waals surface area (Å²) < 4.78 is 11.2. The molecule has 0 aliphatic carbocycles. The molecule has 2 aliphatic rings. The molecule has 0 radical (unpaired) electrons. The Morgan fingerprint density at radius 3 is 2.80 bits per heavy atom. The number of aromatic amines is 1. The van der Waals surface area contributed by atoms with Crippen molar-refractivity contribution in [2.75, 3.05) is 19.0 Å². The molecule has 0 spiro atoms. The van der Waals surface area contributed by atoms with E-state index in [1.54, 1.807) is 30.5 Å². The number of hydrogen-bond acceptors (Lipinski definition) is 6. The van der Waals surface area contributed by atoms with E-state index < -0.39 is 5.60 Å². The first-order valence-corrected chi connectivity index (χ1v) is 14.0. The first-order chi connectivity index (χ1) is 19.6. The maximum atomic E-state index is 13.1. The van der Waals surface area contributed by atoms with Crippen molar-refractivity contribution in [2.24, 2.45) is 0 Å². The van der Waals surface area contributed by atoms with E-state index >= 15 is 0 Å². The highest BCUT2D eigenvalue weighted by molar-refractivity contribution is 6.32. The molecule has 214 valence electrons. The Bertz CT molecular complexity index is 1550. The lowest BCUT2D eigenvalue weighted by Crippen LogP contribution is -2.42. The number of methoxy groups -OCH3 is 1. The van der Waals surface area contributed by atoms with Crippen LogP contribution < -0.4 is 15.4 Å². The smallest absolute Gasteiger partial charge is 0.411 e. The molecule has 3 aromatic rings. The Labute approximate surface area is 245 Å². The number of anilines is 2. The molecule has 3 N–H and O–H groups in total. The largest absolute Gasteiger partial charge is 0.493 e. The molecule has 9 nitrogen and oxygen atoms in total. The number of halogens is 1. The van der Waals surface area contributed by atoms with Gasteiger partial charge in [0.1, 0.15) is 5.60 Å². The summed E-state index contributed by atoms with van der Waals surface area (Å²) in [5.41, 5.74) is 4.11. The Kier molecular flexibility index (Phi) is 7.87. The number of benzene rings is 1. The second kappa shape index (κ2) is 11.4. The summed E-state index contributed by atoms with van der Waals surface area (Å²) in [5, 5.41) is 6.79. The van der Waals surface area contributed by atoms with Gasteiger partial charge in [-0.1, -0.05) is 29.5 Å². The van der Waals surface area contributed by atoms with Crippen LogP contribution in [0.25, 0.3) is 11.3 Å². The molecular weight excluding hydrogens is 542 g/mol. The Morgan fingerprint density at radius 1 is 1.24 bits per heavy atom. The van der Waals surface area contributed by atoms with Gasteiger partial charge in [0.05, 0.1) is 46.4 Å². The molecule has 2 aromatic heterocycles. The van der Waals surface area contributed by atoms with Gasteiger partial charge < -0.3 is 25.1 Å². The summed E-state index contributed by atoms with van der Waals surface area (Å²) in [7, 11) is 1.55. The molecule has 2 aliphatic heterocycles. The fraction of sp³-hybridized carbons (Fsp3) is 0.387. The third-order valence-corrected chi connectivity index (χ3v) is 7.43. The van der Waals surface area contributed by atoms with Crippen LogP contribution in [0.1, 0.15) is 62.2 Å². The Balaban J connectivity index is 1.56. The second-order valence-corrected chi connectivity index (χ2v) is 11.6. The molecule has 1 saturated heterocycles. The minimum Gasteiger partial charge on any atom is -0.493 e. The number of fused-ring (bicyclic) bond motifs is 1.